The highest BCUT2D eigenvalue weighted by Gasteiger charge is 2.64. The molecule has 0 amide bonds. The van der Waals surface area contributed by atoms with Crippen LogP contribution in [0, 0.1) is 0 Å². The molecular formula is C17H18OS. The van der Waals surface area contributed by atoms with Gasteiger partial charge in [0.25, 0.3) is 0 Å². The number of benzene rings is 2. The third-order valence-electron chi connectivity index (χ3n) is 3.79. The Bertz CT molecular complexity index is 550. The van der Waals surface area contributed by atoms with E-state index >= 15 is 0 Å². The maximum Gasteiger partial charge on any atom is 0.132 e. The van der Waals surface area contributed by atoms with Gasteiger partial charge >= 0.3 is 0 Å². The highest BCUT2D eigenvalue weighted by Crippen LogP contribution is 2.57. The summed E-state index contributed by atoms with van der Waals surface area (Å²) in [6.07, 6.45) is 0. The van der Waals surface area contributed by atoms with E-state index < -0.39 is 0 Å². The lowest BCUT2D eigenvalue weighted by Crippen LogP contribution is -2.21. The molecule has 1 nitrogen and oxygen atoms in total. The van der Waals surface area contributed by atoms with E-state index in [1.54, 1.807) is 0 Å². The molecule has 19 heavy (non-hydrogen) atoms. The van der Waals surface area contributed by atoms with Crippen molar-refractivity contribution in [2.45, 2.75) is 29.9 Å². The van der Waals surface area contributed by atoms with Crippen LogP contribution in [0.1, 0.15) is 19.4 Å². The van der Waals surface area contributed by atoms with E-state index in [2.05, 4.69) is 74.5 Å². The summed E-state index contributed by atoms with van der Waals surface area (Å²) in [6, 6.07) is 21.1. The number of thioether (sulfide) groups is 1. The van der Waals surface area contributed by atoms with Crippen LogP contribution in [-0.4, -0.2) is 11.4 Å². The van der Waals surface area contributed by atoms with Crippen molar-refractivity contribution in [1.29, 1.82) is 0 Å². The van der Waals surface area contributed by atoms with Crippen LogP contribution in [0.4, 0.5) is 0 Å². The van der Waals surface area contributed by atoms with E-state index in [1.807, 2.05) is 11.8 Å². The molecule has 2 aromatic carbocycles. The van der Waals surface area contributed by atoms with Crippen molar-refractivity contribution in [1.82, 2.24) is 0 Å². The second kappa shape index (κ2) is 4.69. The summed E-state index contributed by atoms with van der Waals surface area (Å²) < 4.78 is 6.08. The van der Waals surface area contributed by atoms with E-state index in [-0.39, 0.29) is 11.2 Å². The van der Waals surface area contributed by atoms with E-state index in [0.717, 1.165) is 5.75 Å². The van der Waals surface area contributed by atoms with Crippen LogP contribution in [-0.2, 0) is 10.3 Å². The summed E-state index contributed by atoms with van der Waals surface area (Å²) in [5.74, 6) is 0.952. The summed E-state index contributed by atoms with van der Waals surface area (Å²) >= 11 is 1.86. The van der Waals surface area contributed by atoms with Gasteiger partial charge in [-0.15, -0.1) is 11.8 Å². The zero-order valence-corrected chi connectivity index (χ0v) is 12.1. The molecule has 2 heteroatoms. The molecule has 1 saturated heterocycles. The van der Waals surface area contributed by atoms with Gasteiger partial charge in [0.2, 0.25) is 0 Å². The lowest BCUT2D eigenvalue weighted by atomic mass is 9.90. The summed E-state index contributed by atoms with van der Waals surface area (Å²) in [6.45, 7) is 4.34. The third kappa shape index (κ3) is 2.31. The van der Waals surface area contributed by atoms with Crippen LogP contribution in [0.5, 0.6) is 0 Å². The fourth-order valence-electron chi connectivity index (χ4n) is 2.51. The van der Waals surface area contributed by atoms with Gasteiger partial charge in [0.05, 0.1) is 5.60 Å². The average molecular weight is 270 g/mol. The molecule has 1 heterocycles. The molecule has 1 atom stereocenters. The van der Waals surface area contributed by atoms with E-state index in [0.29, 0.717) is 0 Å². The fourth-order valence-corrected chi connectivity index (χ4v) is 3.80. The van der Waals surface area contributed by atoms with Gasteiger partial charge in [0, 0.05) is 10.6 Å². The molecule has 2 aromatic rings. The number of rotatable bonds is 4. The van der Waals surface area contributed by atoms with Gasteiger partial charge < -0.3 is 4.74 Å². The van der Waals surface area contributed by atoms with Crippen molar-refractivity contribution >= 4 is 11.8 Å². The van der Waals surface area contributed by atoms with Crippen LogP contribution in [0.3, 0.4) is 0 Å². The molecule has 0 radical (unpaired) electrons. The van der Waals surface area contributed by atoms with Gasteiger partial charge in [-0.05, 0) is 31.5 Å². The van der Waals surface area contributed by atoms with E-state index in [9.17, 15) is 0 Å². The minimum atomic E-state index is -0.144. The van der Waals surface area contributed by atoms with E-state index in [1.165, 1.54) is 10.5 Å². The van der Waals surface area contributed by atoms with Gasteiger partial charge in [-0.3, -0.25) is 0 Å². The van der Waals surface area contributed by atoms with Crippen LogP contribution < -0.4 is 0 Å². The number of ether oxygens (including phenoxy) is 1. The SMILES string of the molecule is CC1(C)OC1(CSc1ccccc1)c1ccccc1. The first kappa shape index (κ1) is 12.8. The summed E-state index contributed by atoms with van der Waals surface area (Å²) in [7, 11) is 0. The normalized spacial score (nSPS) is 24.1. The highest BCUT2D eigenvalue weighted by molar-refractivity contribution is 7.99. The zero-order chi connectivity index (χ0) is 13.3. The molecule has 0 saturated carbocycles. The minimum absolute atomic E-state index is 0.0733. The number of epoxide rings is 1. The van der Waals surface area contributed by atoms with Crippen molar-refractivity contribution in [2.24, 2.45) is 0 Å². The van der Waals surface area contributed by atoms with Gasteiger partial charge in [0.15, 0.2) is 0 Å². The quantitative estimate of drug-likeness (QED) is 0.600. The maximum absolute atomic E-state index is 6.08. The van der Waals surface area contributed by atoms with Crippen LogP contribution in [0.15, 0.2) is 65.6 Å². The number of hydrogen-bond donors (Lipinski definition) is 0. The minimum Gasteiger partial charge on any atom is -0.357 e. The molecule has 0 bridgehead atoms. The Morgan fingerprint density at radius 3 is 1.95 bits per heavy atom. The highest BCUT2D eigenvalue weighted by atomic mass is 32.2. The molecule has 3 rings (SSSR count). The lowest BCUT2D eigenvalue weighted by molar-refractivity contribution is 0.290. The van der Waals surface area contributed by atoms with Gasteiger partial charge in [0.1, 0.15) is 5.60 Å². The molecule has 0 aromatic heterocycles. The Kier molecular flexibility index (Phi) is 3.15. The largest absolute Gasteiger partial charge is 0.357 e. The molecule has 0 N–H and O–H groups in total. The van der Waals surface area contributed by atoms with Gasteiger partial charge in [-0.2, -0.15) is 0 Å². The zero-order valence-electron chi connectivity index (χ0n) is 11.3. The van der Waals surface area contributed by atoms with Crippen LogP contribution in [0.25, 0.3) is 0 Å². The first-order valence-electron chi connectivity index (χ1n) is 6.58. The smallest absolute Gasteiger partial charge is 0.132 e. The Morgan fingerprint density at radius 1 is 0.895 bits per heavy atom. The van der Waals surface area contributed by atoms with Gasteiger partial charge in [-0.25, -0.2) is 0 Å². The molecule has 0 aliphatic carbocycles. The van der Waals surface area contributed by atoms with Gasteiger partial charge in [-0.1, -0.05) is 48.5 Å². The van der Waals surface area contributed by atoms with Crippen molar-refractivity contribution in [3.8, 4) is 0 Å². The molecule has 0 spiro atoms. The summed E-state index contributed by atoms with van der Waals surface area (Å²) in [4.78, 5) is 1.30. The Hall–Kier alpha value is -1.25. The summed E-state index contributed by atoms with van der Waals surface area (Å²) in [5.41, 5.74) is 1.06. The molecule has 98 valence electrons. The predicted octanol–water partition coefficient (Wildman–Crippen LogP) is 4.48. The first-order chi connectivity index (χ1) is 9.14. The topological polar surface area (TPSA) is 12.5 Å². The average Bonchev–Trinajstić information content (AvgIpc) is 3.02. The molecule has 1 fully saturated rings. The third-order valence-corrected chi connectivity index (χ3v) is 4.94. The second-order valence-electron chi connectivity index (χ2n) is 5.41. The molecular weight excluding hydrogens is 252 g/mol. The van der Waals surface area contributed by atoms with Crippen molar-refractivity contribution < 1.29 is 4.74 Å². The fraction of sp³-hybridized carbons (Fsp3) is 0.294. The maximum atomic E-state index is 6.08. The van der Waals surface area contributed by atoms with Crippen molar-refractivity contribution in [2.75, 3.05) is 5.75 Å². The monoisotopic (exact) mass is 270 g/mol. The Labute approximate surface area is 119 Å². The second-order valence-corrected chi connectivity index (χ2v) is 6.46. The van der Waals surface area contributed by atoms with Crippen molar-refractivity contribution in [3.63, 3.8) is 0 Å². The van der Waals surface area contributed by atoms with Crippen LogP contribution in [0.2, 0.25) is 0 Å². The Morgan fingerprint density at radius 2 is 1.42 bits per heavy atom. The predicted molar refractivity (Wildman–Crippen MR) is 80.5 cm³/mol. The van der Waals surface area contributed by atoms with Crippen molar-refractivity contribution in [3.05, 3.63) is 66.2 Å². The number of hydrogen-bond acceptors (Lipinski definition) is 2. The molecule has 1 aliphatic rings. The standard InChI is InChI=1S/C17H18OS/c1-16(2)17(18-16,14-9-5-3-6-10-14)13-19-15-11-7-4-8-12-15/h3-12H,13H2,1-2H3. The lowest BCUT2D eigenvalue weighted by Gasteiger charge is -2.15. The summed E-state index contributed by atoms with van der Waals surface area (Å²) in [5, 5.41) is 0. The van der Waals surface area contributed by atoms with E-state index in [4.69, 9.17) is 4.74 Å². The first-order valence-corrected chi connectivity index (χ1v) is 7.56. The van der Waals surface area contributed by atoms with Crippen LogP contribution >= 0.6 is 11.8 Å². The molecule has 1 unspecified atom stereocenters. The Balaban J connectivity index is 1.80. The molecule has 1 aliphatic heterocycles.